The first-order valence-electron chi connectivity index (χ1n) is 5.90. The van der Waals surface area contributed by atoms with Crippen molar-refractivity contribution in [2.45, 2.75) is 6.54 Å². The topological polar surface area (TPSA) is 41.6 Å². The highest BCUT2D eigenvalue weighted by Crippen LogP contribution is 2.26. The van der Waals surface area contributed by atoms with E-state index in [1.54, 1.807) is 12.0 Å². The summed E-state index contributed by atoms with van der Waals surface area (Å²) in [7, 11) is 3.48. The molecule has 1 aromatic rings. The number of ether oxygens (including phenoxy) is 1. The smallest absolute Gasteiger partial charge is 0.228 e. The number of nitrogens with one attached hydrogen (secondary N) is 1. The van der Waals surface area contributed by atoms with Crippen LogP contribution in [0.5, 0.6) is 5.75 Å². The number of hydrogen-bond donors (Lipinski definition) is 1. The van der Waals surface area contributed by atoms with Gasteiger partial charge in [0.05, 0.1) is 17.5 Å². The molecule has 1 aromatic carbocycles. The Labute approximate surface area is 115 Å². The van der Waals surface area contributed by atoms with E-state index in [1.165, 1.54) is 0 Å². The van der Waals surface area contributed by atoms with Crippen molar-refractivity contribution in [3.63, 3.8) is 0 Å². The molecule has 0 spiro atoms. The summed E-state index contributed by atoms with van der Waals surface area (Å²) < 4.78 is 6.09. The van der Waals surface area contributed by atoms with Crippen molar-refractivity contribution in [3.05, 3.63) is 28.2 Å². The zero-order valence-electron chi connectivity index (χ0n) is 10.6. The van der Waals surface area contributed by atoms with E-state index in [1.807, 2.05) is 25.2 Å². The first-order chi connectivity index (χ1) is 8.61. The number of methoxy groups -OCH3 is 1. The van der Waals surface area contributed by atoms with Gasteiger partial charge < -0.3 is 15.0 Å². The second-order valence-electron chi connectivity index (χ2n) is 4.52. The zero-order chi connectivity index (χ0) is 13.1. The van der Waals surface area contributed by atoms with Crippen LogP contribution >= 0.6 is 15.9 Å². The van der Waals surface area contributed by atoms with Gasteiger partial charge in [0, 0.05) is 26.7 Å². The number of halogens is 1. The molecule has 5 heteroatoms. The van der Waals surface area contributed by atoms with Crippen LogP contribution in [0.1, 0.15) is 5.56 Å². The van der Waals surface area contributed by atoms with Gasteiger partial charge in [-0.25, -0.2) is 0 Å². The predicted molar refractivity (Wildman–Crippen MR) is 73.5 cm³/mol. The Bertz CT molecular complexity index is 447. The molecule has 1 amide bonds. The maximum Gasteiger partial charge on any atom is 0.228 e. The van der Waals surface area contributed by atoms with Crippen LogP contribution in [0.4, 0.5) is 0 Å². The minimum absolute atomic E-state index is 0.150. The quantitative estimate of drug-likeness (QED) is 0.919. The van der Waals surface area contributed by atoms with Crippen LogP contribution < -0.4 is 10.1 Å². The van der Waals surface area contributed by atoms with Crippen LogP contribution in [0.3, 0.4) is 0 Å². The standard InChI is InChI=1S/C13H17BrN2O2/c1-16(13(17)10-6-15-7-10)8-9-3-4-12(18-2)11(14)5-9/h3-5,10,15H,6-8H2,1-2H3. The fourth-order valence-corrected chi connectivity index (χ4v) is 2.52. The Kier molecular flexibility index (Phi) is 4.24. The van der Waals surface area contributed by atoms with E-state index >= 15 is 0 Å². The first kappa shape index (κ1) is 13.4. The first-order valence-corrected chi connectivity index (χ1v) is 6.69. The van der Waals surface area contributed by atoms with E-state index in [4.69, 9.17) is 4.74 Å². The van der Waals surface area contributed by atoms with E-state index in [2.05, 4.69) is 21.2 Å². The molecule has 1 N–H and O–H groups in total. The van der Waals surface area contributed by atoms with Gasteiger partial charge >= 0.3 is 0 Å². The Morgan fingerprint density at radius 3 is 2.78 bits per heavy atom. The largest absolute Gasteiger partial charge is 0.496 e. The predicted octanol–water partition coefficient (Wildman–Crippen LogP) is 1.64. The maximum absolute atomic E-state index is 12.0. The molecule has 98 valence electrons. The highest BCUT2D eigenvalue weighted by Gasteiger charge is 2.27. The van der Waals surface area contributed by atoms with Crippen molar-refractivity contribution in [1.82, 2.24) is 10.2 Å². The van der Waals surface area contributed by atoms with Crippen LogP contribution in [0, 0.1) is 5.92 Å². The minimum atomic E-state index is 0.150. The summed E-state index contributed by atoms with van der Waals surface area (Å²) in [6.45, 7) is 2.23. The van der Waals surface area contributed by atoms with Crippen LogP contribution in [-0.2, 0) is 11.3 Å². The van der Waals surface area contributed by atoms with Gasteiger partial charge in [0.25, 0.3) is 0 Å². The lowest BCUT2D eigenvalue weighted by atomic mass is 10.0. The number of rotatable bonds is 4. The molecule has 0 radical (unpaired) electrons. The fraction of sp³-hybridized carbons (Fsp3) is 0.462. The van der Waals surface area contributed by atoms with Crippen LogP contribution in [0.15, 0.2) is 22.7 Å². The summed E-state index contributed by atoms with van der Waals surface area (Å²) in [5, 5.41) is 3.11. The van der Waals surface area contributed by atoms with E-state index in [9.17, 15) is 4.79 Å². The lowest BCUT2D eigenvalue weighted by molar-refractivity contribution is -0.136. The van der Waals surface area contributed by atoms with E-state index < -0.39 is 0 Å². The number of benzene rings is 1. The van der Waals surface area contributed by atoms with Crippen LogP contribution in [-0.4, -0.2) is 38.1 Å². The molecule has 0 saturated carbocycles. The molecule has 1 saturated heterocycles. The maximum atomic E-state index is 12.0. The normalized spacial score (nSPS) is 15.1. The lowest BCUT2D eigenvalue weighted by Gasteiger charge is -2.30. The monoisotopic (exact) mass is 312 g/mol. The van der Waals surface area contributed by atoms with Gasteiger partial charge in [0.1, 0.15) is 5.75 Å². The summed E-state index contributed by atoms with van der Waals surface area (Å²) in [4.78, 5) is 13.8. The van der Waals surface area contributed by atoms with Crippen molar-refractivity contribution in [3.8, 4) is 5.75 Å². The number of hydrogen-bond acceptors (Lipinski definition) is 3. The van der Waals surface area contributed by atoms with Gasteiger partial charge in [-0.2, -0.15) is 0 Å². The van der Waals surface area contributed by atoms with Crippen LogP contribution in [0.25, 0.3) is 0 Å². The Morgan fingerprint density at radius 2 is 2.28 bits per heavy atom. The Hall–Kier alpha value is -1.07. The summed E-state index contributed by atoms with van der Waals surface area (Å²) in [6, 6.07) is 5.87. The average Bonchev–Trinajstić information content (AvgIpc) is 2.26. The molecule has 4 nitrogen and oxygen atoms in total. The SMILES string of the molecule is COc1ccc(CN(C)C(=O)C2CNC2)cc1Br. The number of amides is 1. The van der Waals surface area contributed by atoms with Crippen LogP contribution in [0.2, 0.25) is 0 Å². The van der Waals surface area contributed by atoms with Crippen molar-refractivity contribution in [1.29, 1.82) is 0 Å². The molecule has 1 aliphatic rings. The van der Waals surface area contributed by atoms with Gasteiger partial charge in [-0.3, -0.25) is 4.79 Å². The third-order valence-electron chi connectivity index (χ3n) is 3.14. The Morgan fingerprint density at radius 1 is 1.56 bits per heavy atom. The molecular weight excluding hydrogens is 296 g/mol. The van der Waals surface area contributed by atoms with Crippen molar-refractivity contribution < 1.29 is 9.53 Å². The summed E-state index contributed by atoms with van der Waals surface area (Å²) in [6.07, 6.45) is 0. The summed E-state index contributed by atoms with van der Waals surface area (Å²) in [5.74, 6) is 1.16. The van der Waals surface area contributed by atoms with Gasteiger partial charge in [-0.15, -0.1) is 0 Å². The zero-order valence-corrected chi connectivity index (χ0v) is 12.2. The molecule has 0 atom stereocenters. The lowest BCUT2D eigenvalue weighted by Crippen LogP contribution is -2.50. The highest BCUT2D eigenvalue weighted by molar-refractivity contribution is 9.10. The molecule has 18 heavy (non-hydrogen) atoms. The molecule has 2 rings (SSSR count). The molecule has 1 heterocycles. The fourth-order valence-electron chi connectivity index (χ4n) is 1.93. The number of carbonyl (C=O) groups is 1. The van der Waals surface area contributed by atoms with Gasteiger partial charge in [0.2, 0.25) is 5.91 Å². The second kappa shape index (κ2) is 5.71. The summed E-state index contributed by atoms with van der Waals surface area (Å²) in [5.41, 5.74) is 1.09. The molecule has 1 aliphatic heterocycles. The summed E-state index contributed by atoms with van der Waals surface area (Å²) >= 11 is 3.45. The van der Waals surface area contributed by atoms with E-state index in [0.717, 1.165) is 28.9 Å². The van der Waals surface area contributed by atoms with Crippen molar-refractivity contribution in [2.75, 3.05) is 27.2 Å². The second-order valence-corrected chi connectivity index (χ2v) is 5.37. The number of nitrogens with zero attached hydrogens (tertiary/aromatic N) is 1. The number of carbonyl (C=O) groups excluding carboxylic acids is 1. The Balaban J connectivity index is 2.00. The molecule has 0 unspecified atom stereocenters. The molecule has 1 fully saturated rings. The highest BCUT2D eigenvalue weighted by atomic mass is 79.9. The van der Waals surface area contributed by atoms with E-state index in [0.29, 0.717) is 6.54 Å². The van der Waals surface area contributed by atoms with Gasteiger partial charge in [-0.1, -0.05) is 6.07 Å². The van der Waals surface area contributed by atoms with Gasteiger partial charge in [-0.05, 0) is 33.6 Å². The van der Waals surface area contributed by atoms with Crippen molar-refractivity contribution in [2.24, 2.45) is 5.92 Å². The molecule has 0 aliphatic carbocycles. The average molecular weight is 313 g/mol. The third kappa shape index (κ3) is 2.84. The molecule has 0 bridgehead atoms. The van der Waals surface area contributed by atoms with Gasteiger partial charge in [0.15, 0.2) is 0 Å². The van der Waals surface area contributed by atoms with Crippen molar-refractivity contribution >= 4 is 21.8 Å². The molecular formula is C13H17BrN2O2. The van der Waals surface area contributed by atoms with E-state index in [-0.39, 0.29) is 11.8 Å². The third-order valence-corrected chi connectivity index (χ3v) is 3.76. The molecule has 0 aromatic heterocycles. The minimum Gasteiger partial charge on any atom is -0.496 e.